The highest BCUT2D eigenvalue weighted by Gasteiger charge is 1.98. The Balaban J connectivity index is 2.86. The second-order valence-electron chi connectivity index (χ2n) is 2.92. The first kappa shape index (κ1) is 9.04. The molecular weight excluding hydrogens is 148 g/mol. The summed E-state index contributed by atoms with van der Waals surface area (Å²) in [5, 5.41) is 0. The second-order valence-corrected chi connectivity index (χ2v) is 2.92. The molecule has 0 fully saturated rings. The van der Waals surface area contributed by atoms with Crippen LogP contribution in [0.15, 0.2) is 18.5 Å². The van der Waals surface area contributed by atoms with Crippen molar-refractivity contribution in [3.63, 3.8) is 0 Å². The lowest BCUT2D eigenvalue weighted by molar-refractivity contribution is 0.954. The van der Waals surface area contributed by atoms with Crippen LogP contribution in [0, 0.1) is 0 Å². The standard InChI is InChI=1S/C10H16N2/c1-4-9-6-10(8-11-7-9)12(3)5-2/h6-8H,4-5H2,1-3H3. The zero-order chi connectivity index (χ0) is 8.97. The Morgan fingerprint density at radius 1 is 1.33 bits per heavy atom. The largest absolute Gasteiger partial charge is 0.374 e. The molecule has 0 atom stereocenters. The number of pyridine rings is 1. The Morgan fingerprint density at radius 2 is 2.08 bits per heavy atom. The monoisotopic (exact) mass is 164 g/mol. The van der Waals surface area contributed by atoms with Crippen molar-refractivity contribution in [3.05, 3.63) is 24.0 Å². The topological polar surface area (TPSA) is 16.1 Å². The molecule has 0 N–H and O–H groups in total. The van der Waals surface area contributed by atoms with Gasteiger partial charge >= 0.3 is 0 Å². The Hall–Kier alpha value is -1.05. The molecule has 1 aromatic rings. The molecule has 0 radical (unpaired) electrons. The molecule has 0 aliphatic heterocycles. The Labute approximate surface area is 74.2 Å². The van der Waals surface area contributed by atoms with Gasteiger partial charge in [0.05, 0.1) is 11.9 Å². The molecule has 2 nitrogen and oxygen atoms in total. The number of aryl methyl sites for hydroxylation is 1. The third-order valence-electron chi connectivity index (χ3n) is 2.10. The summed E-state index contributed by atoms with van der Waals surface area (Å²) in [4.78, 5) is 6.37. The first-order valence-electron chi connectivity index (χ1n) is 4.43. The van der Waals surface area contributed by atoms with Crippen LogP contribution in [0.2, 0.25) is 0 Å². The molecule has 0 aromatic carbocycles. The van der Waals surface area contributed by atoms with E-state index in [1.807, 2.05) is 12.4 Å². The summed E-state index contributed by atoms with van der Waals surface area (Å²) in [5.74, 6) is 0. The predicted octanol–water partition coefficient (Wildman–Crippen LogP) is 2.10. The van der Waals surface area contributed by atoms with Crippen molar-refractivity contribution in [2.75, 3.05) is 18.5 Å². The van der Waals surface area contributed by atoms with Crippen molar-refractivity contribution in [3.8, 4) is 0 Å². The van der Waals surface area contributed by atoms with Crippen molar-refractivity contribution in [2.24, 2.45) is 0 Å². The van der Waals surface area contributed by atoms with Crippen molar-refractivity contribution in [2.45, 2.75) is 20.3 Å². The van der Waals surface area contributed by atoms with Gasteiger partial charge in [0.2, 0.25) is 0 Å². The van der Waals surface area contributed by atoms with E-state index in [0.29, 0.717) is 0 Å². The zero-order valence-corrected chi connectivity index (χ0v) is 8.04. The fourth-order valence-corrected chi connectivity index (χ4v) is 1.06. The van der Waals surface area contributed by atoms with Crippen molar-refractivity contribution in [1.29, 1.82) is 0 Å². The van der Waals surface area contributed by atoms with E-state index in [9.17, 15) is 0 Å². The van der Waals surface area contributed by atoms with Crippen LogP contribution in [-0.4, -0.2) is 18.6 Å². The first-order chi connectivity index (χ1) is 5.77. The van der Waals surface area contributed by atoms with Crippen LogP contribution in [-0.2, 0) is 6.42 Å². The normalized spacial score (nSPS) is 9.92. The molecule has 66 valence electrons. The summed E-state index contributed by atoms with van der Waals surface area (Å²) >= 11 is 0. The molecule has 0 saturated carbocycles. The van der Waals surface area contributed by atoms with Gasteiger partial charge in [0.15, 0.2) is 0 Å². The quantitative estimate of drug-likeness (QED) is 0.680. The van der Waals surface area contributed by atoms with E-state index < -0.39 is 0 Å². The predicted molar refractivity (Wildman–Crippen MR) is 52.6 cm³/mol. The fraction of sp³-hybridized carbons (Fsp3) is 0.500. The summed E-state index contributed by atoms with van der Waals surface area (Å²) in [6, 6.07) is 2.19. The van der Waals surface area contributed by atoms with Crippen LogP contribution < -0.4 is 4.90 Å². The summed E-state index contributed by atoms with van der Waals surface area (Å²) in [6.07, 6.45) is 4.88. The minimum atomic E-state index is 1.02. The summed E-state index contributed by atoms with van der Waals surface area (Å²) < 4.78 is 0. The zero-order valence-electron chi connectivity index (χ0n) is 8.04. The van der Waals surface area contributed by atoms with E-state index in [1.165, 1.54) is 11.3 Å². The fourth-order valence-electron chi connectivity index (χ4n) is 1.06. The van der Waals surface area contributed by atoms with E-state index in [1.54, 1.807) is 0 Å². The van der Waals surface area contributed by atoms with Crippen LogP contribution in [0.5, 0.6) is 0 Å². The molecule has 0 saturated heterocycles. The second kappa shape index (κ2) is 4.10. The third-order valence-corrected chi connectivity index (χ3v) is 2.10. The van der Waals surface area contributed by atoms with E-state index in [2.05, 4.69) is 36.8 Å². The van der Waals surface area contributed by atoms with Gasteiger partial charge in [0, 0.05) is 19.8 Å². The van der Waals surface area contributed by atoms with Gasteiger partial charge in [-0.05, 0) is 25.0 Å². The molecule has 0 unspecified atom stereocenters. The number of hydrogen-bond acceptors (Lipinski definition) is 2. The smallest absolute Gasteiger partial charge is 0.0552 e. The van der Waals surface area contributed by atoms with Crippen LogP contribution in [0.1, 0.15) is 19.4 Å². The molecule has 2 heteroatoms. The highest BCUT2D eigenvalue weighted by atomic mass is 15.1. The van der Waals surface area contributed by atoms with Gasteiger partial charge in [-0.3, -0.25) is 4.98 Å². The number of aromatic nitrogens is 1. The summed E-state index contributed by atoms with van der Waals surface area (Å²) in [5.41, 5.74) is 2.50. The molecule has 0 aliphatic carbocycles. The molecule has 0 bridgehead atoms. The molecular formula is C10H16N2. The van der Waals surface area contributed by atoms with Crippen LogP contribution >= 0.6 is 0 Å². The average molecular weight is 164 g/mol. The molecule has 0 aliphatic rings. The van der Waals surface area contributed by atoms with Gasteiger partial charge in [-0.1, -0.05) is 6.92 Å². The summed E-state index contributed by atoms with van der Waals surface area (Å²) in [7, 11) is 2.08. The van der Waals surface area contributed by atoms with E-state index in [-0.39, 0.29) is 0 Å². The van der Waals surface area contributed by atoms with Crippen LogP contribution in [0.3, 0.4) is 0 Å². The first-order valence-corrected chi connectivity index (χ1v) is 4.43. The van der Waals surface area contributed by atoms with Gasteiger partial charge in [-0.25, -0.2) is 0 Å². The van der Waals surface area contributed by atoms with Crippen molar-refractivity contribution >= 4 is 5.69 Å². The van der Waals surface area contributed by atoms with Crippen LogP contribution in [0.4, 0.5) is 5.69 Å². The molecule has 12 heavy (non-hydrogen) atoms. The SMILES string of the molecule is CCc1cncc(N(C)CC)c1. The maximum atomic E-state index is 4.18. The maximum Gasteiger partial charge on any atom is 0.0552 e. The lowest BCUT2D eigenvalue weighted by Crippen LogP contribution is -2.15. The number of rotatable bonds is 3. The molecule has 1 aromatic heterocycles. The molecule has 1 heterocycles. The van der Waals surface area contributed by atoms with Gasteiger partial charge in [-0.15, -0.1) is 0 Å². The molecule has 0 spiro atoms. The van der Waals surface area contributed by atoms with E-state index in [0.717, 1.165) is 13.0 Å². The Bertz CT molecular complexity index is 245. The maximum absolute atomic E-state index is 4.18. The molecule has 1 rings (SSSR count). The van der Waals surface area contributed by atoms with E-state index in [4.69, 9.17) is 0 Å². The highest BCUT2D eigenvalue weighted by Crippen LogP contribution is 2.12. The number of hydrogen-bond donors (Lipinski definition) is 0. The lowest BCUT2D eigenvalue weighted by atomic mass is 10.2. The Morgan fingerprint density at radius 3 is 2.67 bits per heavy atom. The van der Waals surface area contributed by atoms with Crippen molar-refractivity contribution < 1.29 is 0 Å². The minimum absolute atomic E-state index is 1.02. The van der Waals surface area contributed by atoms with E-state index >= 15 is 0 Å². The highest BCUT2D eigenvalue weighted by molar-refractivity contribution is 5.44. The lowest BCUT2D eigenvalue weighted by Gasteiger charge is -2.16. The van der Waals surface area contributed by atoms with Gasteiger partial charge < -0.3 is 4.90 Å². The number of anilines is 1. The number of nitrogens with zero attached hydrogens (tertiary/aromatic N) is 2. The van der Waals surface area contributed by atoms with Crippen molar-refractivity contribution in [1.82, 2.24) is 4.98 Å². The molecule has 0 amide bonds. The summed E-state index contributed by atoms with van der Waals surface area (Å²) in [6.45, 7) is 5.31. The van der Waals surface area contributed by atoms with Crippen LogP contribution in [0.25, 0.3) is 0 Å². The average Bonchev–Trinajstić information content (AvgIpc) is 2.17. The third kappa shape index (κ3) is 1.97. The van der Waals surface area contributed by atoms with Gasteiger partial charge in [0.1, 0.15) is 0 Å². The van der Waals surface area contributed by atoms with Gasteiger partial charge in [0.25, 0.3) is 0 Å². The minimum Gasteiger partial charge on any atom is -0.374 e. The Kier molecular flexibility index (Phi) is 3.09. The van der Waals surface area contributed by atoms with Gasteiger partial charge in [-0.2, -0.15) is 0 Å².